The molecule has 1 atom stereocenters. The minimum Gasteiger partial charge on any atom is -0.489 e. The first-order valence-corrected chi connectivity index (χ1v) is 5.30. The van der Waals surface area contributed by atoms with E-state index in [1.165, 1.54) is 18.2 Å². The molecular formula is C12H12F2O3. The second kappa shape index (κ2) is 4.69. The number of hydrogen-bond donors (Lipinski definition) is 0. The van der Waals surface area contributed by atoms with Gasteiger partial charge in [0.25, 0.3) is 0 Å². The fourth-order valence-electron chi connectivity index (χ4n) is 1.53. The van der Waals surface area contributed by atoms with Gasteiger partial charge in [0.05, 0.1) is 13.2 Å². The van der Waals surface area contributed by atoms with E-state index >= 15 is 0 Å². The van der Waals surface area contributed by atoms with Crippen LogP contribution in [0.5, 0.6) is 11.5 Å². The molecule has 0 aliphatic carbocycles. The third-order valence-electron chi connectivity index (χ3n) is 2.47. The van der Waals surface area contributed by atoms with E-state index in [2.05, 4.69) is 0 Å². The van der Waals surface area contributed by atoms with E-state index in [1.54, 1.807) is 0 Å². The van der Waals surface area contributed by atoms with Crippen molar-refractivity contribution in [2.24, 2.45) is 5.92 Å². The van der Waals surface area contributed by atoms with Crippen LogP contribution < -0.4 is 9.47 Å². The molecule has 3 nitrogen and oxygen atoms in total. The minimum absolute atomic E-state index is 0.0584. The van der Waals surface area contributed by atoms with E-state index in [0.29, 0.717) is 24.7 Å². The molecule has 0 spiro atoms. The summed E-state index contributed by atoms with van der Waals surface area (Å²) in [6, 6.07) is 4.12. The summed E-state index contributed by atoms with van der Waals surface area (Å²) in [5, 5.41) is 0. The Bertz CT molecular complexity index is 432. The topological polar surface area (TPSA) is 35.5 Å². The first kappa shape index (κ1) is 11.8. The van der Waals surface area contributed by atoms with Gasteiger partial charge in [-0.3, -0.25) is 4.79 Å². The lowest BCUT2D eigenvalue weighted by Crippen LogP contribution is -2.12. The molecule has 92 valence electrons. The van der Waals surface area contributed by atoms with Crippen LogP contribution in [-0.4, -0.2) is 25.4 Å². The Morgan fingerprint density at radius 3 is 2.59 bits per heavy atom. The second-order valence-corrected chi connectivity index (χ2v) is 4.05. The number of halogens is 2. The standard InChI is InChI=1S/C12H12F2O3/c1-7-5-16-9-3-2-8(11(15)12(13)14)4-10(9)17-6-7/h2-4,7,12H,5-6H2,1H3. The summed E-state index contributed by atoms with van der Waals surface area (Å²) in [6.45, 7) is 2.91. The first-order chi connectivity index (χ1) is 8.08. The molecular weight excluding hydrogens is 230 g/mol. The Hall–Kier alpha value is -1.65. The van der Waals surface area contributed by atoms with Crippen LogP contribution in [-0.2, 0) is 0 Å². The van der Waals surface area contributed by atoms with Gasteiger partial charge in [0.15, 0.2) is 11.5 Å². The molecule has 1 aliphatic rings. The predicted octanol–water partition coefficient (Wildman–Crippen LogP) is 2.54. The van der Waals surface area contributed by atoms with E-state index in [4.69, 9.17) is 9.47 Å². The van der Waals surface area contributed by atoms with Gasteiger partial charge in [-0.15, -0.1) is 0 Å². The summed E-state index contributed by atoms with van der Waals surface area (Å²) in [5.74, 6) is -0.147. The van der Waals surface area contributed by atoms with Crippen LogP contribution in [0.25, 0.3) is 0 Å². The molecule has 0 N–H and O–H groups in total. The van der Waals surface area contributed by atoms with Gasteiger partial charge in [-0.2, -0.15) is 0 Å². The second-order valence-electron chi connectivity index (χ2n) is 4.05. The smallest absolute Gasteiger partial charge is 0.300 e. The van der Waals surface area contributed by atoms with Gasteiger partial charge in [-0.1, -0.05) is 6.92 Å². The van der Waals surface area contributed by atoms with E-state index < -0.39 is 12.2 Å². The molecule has 0 bridgehead atoms. The third-order valence-corrected chi connectivity index (χ3v) is 2.47. The summed E-state index contributed by atoms with van der Waals surface area (Å²) in [7, 11) is 0. The van der Waals surface area contributed by atoms with Crippen molar-refractivity contribution in [3.63, 3.8) is 0 Å². The van der Waals surface area contributed by atoms with Crippen LogP contribution in [0.2, 0.25) is 0 Å². The Morgan fingerprint density at radius 1 is 1.29 bits per heavy atom. The minimum atomic E-state index is -3.00. The lowest BCUT2D eigenvalue weighted by atomic mass is 10.1. The molecule has 2 rings (SSSR count). The fourth-order valence-corrected chi connectivity index (χ4v) is 1.53. The van der Waals surface area contributed by atoms with Crippen molar-refractivity contribution in [1.29, 1.82) is 0 Å². The van der Waals surface area contributed by atoms with Crippen molar-refractivity contribution in [2.75, 3.05) is 13.2 Å². The van der Waals surface area contributed by atoms with Crippen molar-refractivity contribution in [2.45, 2.75) is 13.3 Å². The van der Waals surface area contributed by atoms with Crippen LogP contribution >= 0.6 is 0 Å². The largest absolute Gasteiger partial charge is 0.489 e. The fraction of sp³-hybridized carbons (Fsp3) is 0.417. The molecule has 1 aromatic rings. The van der Waals surface area contributed by atoms with Crippen LogP contribution in [0.3, 0.4) is 0 Å². The maximum Gasteiger partial charge on any atom is 0.300 e. The number of alkyl halides is 2. The molecule has 0 saturated heterocycles. The van der Waals surface area contributed by atoms with Gasteiger partial charge in [-0.05, 0) is 18.2 Å². The van der Waals surface area contributed by atoms with E-state index in [9.17, 15) is 13.6 Å². The lowest BCUT2D eigenvalue weighted by molar-refractivity contribution is 0.0678. The molecule has 1 unspecified atom stereocenters. The maximum absolute atomic E-state index is 12.3. The van der Waals surface area contributed by atoms with Crippen LogP contribution in [0, 0.1) is 5.92 Å². The normalized spacial score (nSPS) is 18.9. The van der Waals surface area contributed by atoms with Crippen molar-refractivity contribution in [1.82, 2.24) is 0 Å². The average Bonchev–Trinajstić information content (AvgIpc) is 2.50. The van der Waals surface area contributed by atoms with E-state index in [0.717, 1.165) is 0 Å². The number of carbonyl (C=O) groups is 1. The van der Waals surface area contributed by atoms with Crippen molar-refractivity contribution >= 4 is 5.78 Å². The Morgan fingerprint density at radius 2 is 1.94 bits per heavy atom. The number of rotatable bonds is 2. The first-order valence-electron chi connectivity index (χ1n) is 5.30. The number of hydrogen-bond acceptors (Lipinski definition) is 3. The SMILES string of the molecule is CC1COc2ccc(C(=O)C(F)F)cc2OC1. The average molecular weight is 242 g/mol. The van der Waals surface area contributed by atoms with Gasteiger partial charge in [0.1, 0.15) is 0 Å². The molecule has 0 aromatic heterocycles. The summed E-state index contributed by atoms with van der Waals surface area (Å²) >= 11 is 0. The van der Waals surface area contributed by atoms with Crippen molar-refractivity contribution in [3.05, 3.63) is 23.8 Å². The number of fused-ring (bicyclic) bond motifs is 1. The van der Waals surface area contributed by atoms with E-state index in [-0.39, 0.29) is 11.5 Å². The van der Waals surface area contributed by atoms with Crippen LogP contribution in [0.1, 0.15) is 17.3 Å². The molecule has 0 saturated carbocycles. The van der Waals surface area contributed by atoms with Crippen molar-refractivity contribution in [3.8, 4) is 11.5 Å². The molecule has 1 heterocycles. The van der Waals surface area contributed by atoms with Gasteiger partial charge >= 0.3 is 6.43 Å². The molecule has 0 amide bonds. The Labute approximate surface area is 97.3 Å². The highest BCUT2D eigenvalue weighted by Crippen LogP contribution is 2.31. The number of ketones is 1. The number of Topliss-reactive ketones (excluding diaryl/α,β-unsaturated/α-hetero) is 1. The zero-order valence-corrected chi connectivity index (χ0v) is 9.28. The summed E-state index contributed by atoms with van der Waals surface area (Å²) in [4.78, 5) is 11.1. The quantitative estimate of drug-likeness (QED) is 0.747. The van der Waals surface area contributed by atoms with E-state index in [1.807, 2.05) is 6.92 Å². The highest BCUT2D eigenvalue weighted by molar-refractivity contribution is 5.99. The molecule has 0 radical (unpaired) electrons. The molecule has 1 aliphatic heterocycles. The highest BCUT2D eigenvalue weighted by Gasteiger charge is 2.21. The predicted molar refractivity (Wildman–Crippen MR) is 56.9 cm³/mol. The summed E-state index contributed by atoms with van der Waals surface area (Å²) in [5.41, 5.74) is -0.0584. The van der Waals surface area contributed by atoms with Crippen molar-refractivity contribution < 1.29 is 23.0 Å². The molecule has 1 aromatic carbocycles. The van der Waals surface area contributed by atoms with Gasteiger partial charge in [0, 0.05) is 11.5 Å². The summed E-state index contributed by atoms with van der Waals surface area (Å²) < 4.78 is 35.4. The number of ether oxygens (including phenoxy) is 2. The number of carbonyl (C=O) groups excluding carboxylic acids is 1. The summed E-state index contributed by atoms with van der Waals surface area (Å²) in [6.07, 6.45) is -3.00. The number of benzene rings is 1. The van der Waals surface area contributed by atoms with Crippen LogP contribution in [0.4, 0.5) is 8.78 Å². The van der Waals surface area contributed by atoms with Gasteiger partial charge in [0.2, 0.25) is 5.78 Å². The van der Waals surface area contributed by atoms with Gasteiger partial charge < -0.3 is 9.47 Å². The maximum atomic E-state index is 12.3. The zero-order chi connectivity index (χ0) is 12.4. The zero-order valence-electron chi connectivity index (χ0n) is 9.28. The lowest BCUT2D eigenvalue weighted by Gasteiger charge is -2.08. The van der Waals surface area contributed by atoms with Crippen LogP contribution in [0.15, 0.2) is 18.2 Å². The molecule has 5 heteroatoms. The molecule has 0 fully saturated rings. The highest BCUT2D eigenvalue weighted by atomic mass is 19.3. The van der Waals surface area contributed by atoms with Gasteiger partial charge in [-0.25, -0.2) is 8.78 Å². The molecule has 17 heavy (non-hydrogen) atoms. The Balaban J connectivity index is 2.28. The third kappa shape index (κ3) is 2.54. The monoisotopic (exact) mass is 242 g/mol. The Kier molecular flexibility index (Phi) is 3.26.